The molecule has 82 valence electrons. The fraction of sp³-hybridized carbons (Fsp3) is 0.417. The smallest absolute Gasteiger partial charge is 0.177 e. The van der Waals surface area contributed by atoms with Crippen molar-refractivity contribution < 1.29 is 9.53 Å². The average Bonchev–Trinajstić information content (AvgIpc) is 2.28. The molecular weight excluding hydrogens is 212 g/mol. The summed E-state index contributed by atoms with van der Waals surface area (Å²) >= 11 is 5.54. The third kappa shape index (κ3) is 2.96. The van der Waals surface area contributed by atoms with Crippen LogP contribution in [-0.4, -0.2) is 18.3 Å². The quantitative estimate of drug-likeness (QED) is 0.570. The molecule has 2 nitrogen and oxygen atoms in total. The number of Topliss-reactive ketones (excluding diaryl/α,β-unsaturated/α-hetero) is 1. The first-order valence-corrected chi connectivity index (χ1v) is 5.61. The molecule has 15 heavy (non-hydrogen) atoms. The van der Waals surface area contributed by atoms with Crippen LogP contribution in [-0.2, 0) is 6.42 Å². The molecule has 1 aromatic rings. The first-order valence-electron chi connectivity index (χ1n) is 5.07. The van der Waals surface area contributed by atoms with Crippen molar-refractivity contribution in [2.75, 3.05) is 12.5 Å². The monoisotopic (exact) mass is 226 g/mol. The zero-order valence-corrected chi connectivity index (χ0v) is 9.80. The summed E-state index contributed by atoms with van der Waals surface area (Å²) in [5.41, 5.74) is 1.70. The Morgan fingerprint density at radius 1 is 1.40 bits per heavy atom. The first-order chi connectivity index (χ1) is 7.22. The van der Waals surface area contributed by atoms with Crippen LogP contribution >= 0.6 is 11.6 Å². The van der Waals surface area contributed by atoms with Crippen LogP contribution in [0.4, 0.5) is 0 Å². The van der Waals surface area contributed by atoms with E-state index in [1.54, 1.807) is 6.07 Å². The lowest BCUT2D eigenvalue weighted by molar-refractivity contribution is 0.102. The number of aryl methyl sites for hydroxylation is 1. The van der Waals surface area contributed by atoms with Gasteiger partial charge in [0.1, 0.15) is 5.75 Å². The molecule has 0 spiro atoms. The predicted octanol–water partition coefficient (Wildman–Crippen LogP) is 3.07. The van der Waals surface area contributed by atoms with Gasteiger partial charge in [0.25, 0.3) is 0 Å². The Kier molecular flexibility index (Phi) is 4.63. The zero-order chi connectivity index (χ0) is 11.3. The van der Waals surface area contributed by atoms with Gasteiger partial charge in [0.2, 0.25) is 0 Å². The number of ether oxygens (including phenoxy) is 1. The Morgan fingerprint density at radius 2 is 2.13 bits per heavy atom. The van der Waals surface area contributed by atoms with Gasteiger partial charge in [0, 0.05) is 5.56 Å². The molecule has 1 aromatic carbocycles. The van der Waals surface area contributed by atoms with Crippen molar-refractivity contribution in [1.29, 1.82) is 0 Å². The number of rotatable bonds is 5. The Hall–Kier alpha value is -1.02. The molecule has 0 radical (unpaired) electrons. The predicted molar refractivity (Wildman–Crippen MR) is 62.0 cm³/mol. The van der Waals surface area contributed by atoms with Gasteiger partial charge in [-0.3, -0.25) is 4.79 Å². The highest BCUT2D eigenvalue weighted by molar-refractivity contribution is 6.30. The van der Waals surface area contributed by atoms with Gasteiger partial charge < -0.3 is 4.74 Å². The number of carbonyl (C=O) groups excluding carboxylic acids is 1. The van der Waals surface area contributed by atoms with Crippen LogP contribution < -0.4 is 4.74 Å². The van der Waals surface area contributed by atoms with Crippen molar-refractivity contribution >= 4 is 17.4 Å². The van der Waals surface area contributed by atoms with Crippen molar-refractivity contribution in [2.24, 2.45) is 0 Å². The summed E-state index contributed by atoms with van der Waals surface area (Å²) in [7, 11) is 0. The van der Waals surface area contributed by atoms with Crippen LogP contribution in [0.25, 0.3) is 0 Å². The molecule has 0 aliphatic carbocycles. The van der Waals surface area contributed by atoms with E-state index >= 15 is 0 Å². The molecule has 0 aliphatic rings. The van der Waals surface area contributed by atoms with Crippen LogP contribution in [0.1, 0.15) is 29.8 Å². The number of alkyl halides is 1. The molecule has 0 saturated carbocycles. The van der Waals surface area contributed by atoms with E-state index in [2.05, 4.69) is 0 Å². The van der Waals surface area contributed by atoms with Gasteiger partial charge >= 0.3 is 0 Å². The maximum atomic E-state index is 11.5. The molecule has 0 heterocycles. The van der Waals surface area contributed by atoms with Gasteiger partial charge in [-0.2, -0.15) is 0 Å². The van der Waals surface area contributed by atoms with Crippen molar-refractivity contribution in [2.45, 2.75) is 20.3 Å². The second-order valence-corrected chi connectivity index (χ2v) is 3.43. The molecule has 0 bridgehead atoms. The molecule has 0 aromatic heterocycles. The van der Waals surface area contributed by atoms with Gasteiger partial charge in [0.05, 0.1) is 12.5 Å². The molecule has 0 fully saturated rings. The second kappa shape index (κ2) is 5.76. The molecule has 1 rings (SSSR count). The number of hydrogen-bond acceptors (Lipinski definition) is 2. The molecule has 0 atom stereocenters. The summed E-state index contributed by atoms with van der Waals surface area (Å²) in [5.74, 6) is 0.804. The number of carbonyl (C=O) groups is 1. The van der Waals surface area contributed by atoms with Crippen LogP contribution in [0, 0.1) is 0 Å². The SMILES string of the molecule is CCOc1ccc(C(=O)CCl)c(CC)c1. The average molecular weight is 227 g/mol. The fourth-order valence-corrected chi connectivity index (χ4v) is 1.61. The summed E-state index contributed by atoms with van der Waals surface area (Å²) in [6.45, 7) is 4.57. The standard InChI is InChI=1S/C12H15ClO2/c1-3-9-7-10(15-4-2)5-6-11(9)12(14)8-13/h5-7H,3-4,8H2,1-2H3. The first kappa shape index (κ1) is 12.1. The number of hydrogen-bond donors (Lipinski definition) is 0. The summed E-state index contributed by atoms with van der Waals surface area (Å²) in [6, 6.07) is 5.50. The molecule has 0 aliphatic heterocycles. The van der Waals surface area contributed by atoms with Gasteiger partial charge in [-0.1, -0.05) is 6.92 Å². The minimum atomic E-state index is -0.0310. The largest absolute Gasteiger partial charge is 0.494 e. The van der Waals surface area contributed by atoms with Gasteiger partial charge in [0.15, 0.2) is 5.78 Å². The minimum absolute atomic E-state index is 0.0288. The van der Waals surface area contributed by atoms with E-state index in [0.717, 1.165) is 17.7 Å². The van der Waals surface area contributed by atoms with Crippen molar-refractivity contribution in [3.8, 4) is 5.75 Å². The summed E-state index contributed by atoms with van der Waals surface area (Å²) in [4.78, 5) is 11.5. The fourth-order valence-electron chi connectivity index (χ4n) is 1.46. The topological polar surface area (TPSA) is 26.3 Å². The maximum Gasteiger partial charge on any atom is 0.177 e. The molecule has 0 amide bonds. The van der Waals surface area contributed by atoms with Crippen molar-refractivity contribution in [1.82, 2.24) is 0 Å². The van der Waals surface area contributed by atoms with E-state index in [-0.39, 0.29) is 11.7 Å². The molecule has 3 heteroatoms. The number of ketones is 1. The highest BCUT2D eigenvalue weighted by atomic mass is 35.5. The summed E-state index contributed by atoms with van der Waals surface area (Å²) < 4.78 is 5.37. The van der Waals surface area contributed by atoms with Crippen LogP contribution in [0.5, 0.6) is 5.75 Å². The van der Waals surface area contributed by atoms with Crippen LogP contribution in [0.15, 0.2) is 18.2 Å². The molecular formula is C12H15ClO2. The number of benzene rings is 1. The van der Waals surface area contributed by atoms with Gasteiger partial charge in [-0.15, -0.1) is 11.6 Å². The lowest BCUT2D eigenvalue weighted by atomic mass is 10.0. The van der Waals surface area contributed by atoms with Crippen molar-refractivity contribution in [3.05, 3.63) is 29.3 Å². The minimum Gasteiger partial charge on any atom is -0.494 e. The van der Waals surface area contributed by atoms with Gasteiger partial charge in [-0.05, 0) is 37.1 Å². The Morgan fingerprint density at radius 3 is 2.67 bits per heavy atom. The summed E-state index contributed by atoms with van der Waals surface area (Å²) in [5, 5.41) is 0. The van der Waals surface area contributed by atoms with E-state index in [0.29, 0.717) is 12.2 Å². The maximum absolute atomic E-state index is 11.5. The number of halogens is 1. The van der Waals surface area contributed by atoms with E-state index < -0.39 is 0 Å². The second-order valence-electron chi connectivity index (χ2n) is 3.16. The highest BCUT2D eigenvalue weighted by Gasteiger charge is 2.09. The lowest BCUT2D eigenvalue weighted by Gasteiger charge is -2.08. The zero-order valence-electron chi connectivity index (χ0n) is 9.05. The highest BCUT2D eigenvalue weighted by Crippen LogP contribution is 2.19. The van der Waals surface area contributed by atoms with E-state index in [1.807, 2.05) is 26.0 Å². The molecule has 0 N–H and O–H groups in total. The van der Waals surface area contributed by atoms with E-state index in [4.69, 9.17) is 16.3 Å². The van der Waals surface area contributed by atoms with Gasteiger partial charge in [-0.25, -0.2) is 0 Å². The third-order valence-corrected chi connectivity index (χ3v) is 2.43. The third-order valence-electron chi connectivity index (χ3n) is 2.19. The van der Waals surface area contributed by atoms with Crippen LogP contribution in [0.2, 0.25) is 0 Å². The van der Waals surface area contributed by atoms with Crippen molar-refractivity contribution in [3.63, 3.8) is 0 Å². The normalized spacial score (nSPS) is 10.1. The Balaban J connectivity index is 3.03. The lowest BCUT2D eigenvalue weighted by Crippen LogP contribution is -2.05. The Labute approximate surface area is 95.2 Å². The van der Waals surface area contributed by atoms with Crippen LogP contribution in [0.3, 0.4) is 0 Å². The summed E-state index contributed by atoms with van der Waals surface area (Å²) in [6.07, 6.45) is 0.804. The Bertz CT molecular complexity index is 347. The van der Waals surface area contributed by atoms with E-state index in [9.17, 15) is 4.79 Å². The van der Waals surface area contributed by atoms with E-state index in [1.165, 1.54) is 0 Å². The molecule has 0 saturated heterocycles. The molecule has 0 unspecified atom stereocenters.